The highest BCUT2D eigenvalue weighted by Crippen LogP contribution is 2.39. The van der Waals surface area contributed by atoms with Gasteiger partial charge in [0.05, 0.1) is 0 Å². The third-order valence-electron chi connectivity index (χ3n) is 3.69. The summed E-state index contributed by atoms with van der Waals surface area (Å²) in [5.74, 6) is 1.72. The maximum absolute atomic E-state index is 10.5. The first-order valence-corrected chi connectivity index (χ1v) is 5.86. The van der Waals surface area contributed by atoms with Gasteiger partial charge in [-0.1, -0.05) is 19.3 Å². The second kappa shape index (κ2) is 4.64. The predicted molar refractivity (Wildman–Crippen MR) is 59.5 cm³/mol. The first-order chi connectivity index (χ1) is 7.25. The van der Waals surface area contributed by atoms with E-state index in [1.807, 2.05) is 0 Å². The number of carbonyl (C=O) groups is 1. The lowest BCUT2D eigenvalue weighted by Crippen LogP contribution is -2.31. The van der Waals surface area contributed by atoms with Gasteiger partial charge in [0.1, 0.15) is 0 Å². The van der Waals surface area contributed by atoms with E-state index in [-0.39, 0.29) is 0 Å². The van der Waals surface area contributed by atoms with E-state index in [1.165, 1.54) is 32.1 Å². The van der Waals surface area contributed by atoms with Crippen LogP contribution in [0.5, 0.6) is 0 Å². The summed E-state index contributed by atoms with van der Waals surface area (Å²) >= 11 is 0. The Morgan fingerprint density at radius 3 is 2.73 bits per heavy atom. The highest BCUT2D eigenvalue weighted by molar-refractivity contribution is 5.86. The minimum Gasteiger partial charge on any atom is -0.350 e. The van der Waals surface area contributed by atoms with Crippen molar-refractivity contribution in [1.29, 1.82) is 0 Å². The van der Waals surface area contributed by atoms with Crippen LogP contribution in [0.2, 0.25) is 0 Å². The summed E-state index contributed by atoms with van der Waals surface area (Å²) in [5, 5.41) is 4.07. The summed E-state index contributed by atoms with van der Waals surface area (Å²) in [4.78, 5) is 10.5. The van der Waals surface area contributed by atoms with Crippen molar-refractivity contribution in [1.82, 2.24) is 5.43 Å². The zero-order valence-corrected chi connectivity index (χ0v) is 9.04. The molecule has 0 saturated heterocycles. The highest BCUT2D eigenvalue weighted by Gasteiger charge is 2.30. The molecule has 2 aliphatic carbocycles. The van der Waals surface area contributed by atoms with E-state index >= 15 is 0 Å². The third kappa shape index (κ3) is 2.70. The SMILES string of the molecule is NC(=O)NN=C1CC[C@H]2CCCC[C@H]2C1. The van der Waals surface area contributed by atoms with Gasteiger partial charge in [-0.05, 0) is 37.5 Å². The lowest BCUT2D eigenvalue weighted by atomic mass is 9.70. The van der Waals surface area contributed by atoms with E-state index in [2.05, 4.69) is 10.5 Å². The molecule has 2 aliphatic rings. The average Bonchev–Trinajstić information content (AvgIpc) is 2.26. The molecule has 0 bridgehead atoms. The van der Waals surface area contributed by atoms with Crippen LogP contribution in [0.15, 0.2) is 5.10 Å². The number of hydrazone groups is 1. The first kappa shape index (κ1) is 10.5. The molecule has 2 saturated carbocycles. The van der Waals surface area contributed by atoms with Gasteiger partial charge in [-0.3, -0.25) is 0 Å². The van der Waals surface area contributed by atoms with Crippen molar-refractivity contribution in [2.45, 2.75) is 44.9 Å². The van der Waals surface area contributed by atoms with Gasteiger partial charge in [0.2, 0.25) is 0 Å². The van der Waals surface area contributed by atoms with Crippen molar-refractivity contribution in [3.63, 3.8) is 0 Å². The van der Waals surface area contributed by atoms with E-state index < -0.39 is 6.03 Å². The Labute approximate surface area is 90.3 Å². The predicted octanol–water partition coefficient (Wildman–Crippen LogP) is 2.00. The zero-order chi connectivity index (χ0) is 10.7. The van der Waals surface area contributed by atoms with Crippen molar-refractivity contribution in [2.75, 3.05) is 0 Å². The Bertz CT molecular complexity index is 275. The first-order valence-electron chi connectivity index (χ1n) is 5.86. The number of amides is 2. The van der Waals surface area contributed by atoms with Gasteiger partial charge < -0.3 is 5.73 Å². The molecule has 4 heteroatoms. The largest absolute Gasteiger partial charge is 0.350 e. The number of nitrogens with one attached hydrogen (secondary N) is 1. The molecule has 0 aliphatic heterocycles. The number of rotatable bonds is 1. The van der Waals surface area contributed by atoms with Crippen LogP contribution in [0, 0.1) is 11.8 Å². The molecule has 0 unspecified atom stereocenters. The van der Waals surface area contributed by atoms with Crippen LogP contribution in [0.3, 0.4) is 0 Å². The molecule has 0 spiro atoms. The lowest BCUT2D eigenvalue weighted by Gasteiger charge is -2.35. The molecule has 2 atom stereocenters. The van der Waals surface area contributed by atoms with E-state index in [1.54, 1.807) is 0 Å². The second-order valence-electron chi connectivity index (χ2n) is 4.70. The molecular weight excluding hydrogens is 190 g/mol. The molecular formula is C11H19N3O. The van der Waals surface area contributed by atoms with Crippen LogP contribution in [-0.2, 0) is 0 Å². The lowest BCUT2D eigenvalue weighted by molar-refractivity contribution is 0.217. The average molecular weight is 209 g/mol. The molecule has 2 fully saturated rings. The molecule has 15 heavy (non-hydrogen) atoms. The Morgan fingerprint density at radius 1 is 1.27 bits per heavy atom. The summed E-state index contributed by atoms with van der Waals surface area (Å²) < 4.78 is 0. The number of nitrogens with zero attached hydrogens (tertiary/aromatic N) is 1. The minimum absolute atomic E-state index is 0.562. The van der Waals surface area contributed by atoms with E-state index in [4.69, 9.17) is 5.73 Å². The fourth-order valence-corrected chi connectivity index (χ4v) is 2.93. The Balaban J connectivity index is 1.90. The fourth-order valence-electron chi connectivity index (χ4n) is 2.93. The van der Waals surface area contributed by atoms with Crippen LogP contribution in [0.25, 0.3) is 0 Å². The van der Waals surface area contributed by atoms with Crippen LogP contribution in [0.1, 0.15) is 44.9 Å². The van der Waals surface area contributed by atoms with Gasteiger partial charge in [-0.2, -0.15) is 5.10 Å². The van der Waals surface area contributed by atoms with Crippen molar-refractivity contribution < 1.29 is 4.79 Å². The number of urea groups is 1. The third-order valence-corrected chi connectivity index (χ3v) is 3.69. The van der Waals surface area contributed by atoms with E-state index in [0.717, 1.165) is 30.4 Å². The maximum Gasteiger partial charge on any atom is 0.332 e. The summed E-state index contributed by atoms with van der Waals surface area (Å²) in [6.45, 7) is 0. The Hall–Kier alpha value is -1.06. The van der Waals surface area contributed by atoms with Crippen molar-refractivity contribution in [3.05, 3.63) is 0 Å². The monoisotopic (exact) mass is 209 g/mol. The number of carbonyl (C=O) groups excluding carboxylic acids is 1. The number of hydrogen-bond donors (Lipinski definition) is 2. The molecule has 2 amide bonds. The van der Waals surface area contributed by atoms with Gasteiger partial charge >= 0.3 is 6.03 Å². The van der Waals surface area contributed by atoms with Crippen LogP contribution in [-0.4, -0.2) is 11.7 Å². The summed E-state index contributed by atoms with van der Waals surface area (Å²) in [6, 6.07) is -0.562. The molecule has 0 aromatic rings. The van der Waals surface area contributed by atoms with Crippen molar-refractivity contribution in [3.8, 4) is 0 Å². The minimum atomic E-state index is -0.562. The van der Waals surface area contributed by atoms with Crippen LogP contribution >= 0.6 is 0 Å². The van der Waals surface area contributed by atoms with Gasteiger partial charge in [-0.15, -0.1) is 0 Å². The smallest absolute Gasteiger partial charge is 0.332 e. The summed E-state index contributed by atoms with van der Waals surface area (Å²) in [7, 11) is 0. The van der Waals surface area contributed by atoms with Crippen LogP contribution in [0.4, 0.5) is 4.79 Å². The highest BCUT2D eigenvalue weighted by atomic mass is 16.2. The molecule has 0 aromatic heterocycles. The molecule has 2 rings (SSSR count). The fraction of sp³-hybridized carbons (Fsp3) is 0.818. The number of primary amides is 1. The molecule has 0 radical (unpaired) electrons. The summed E-state index contributed by atoms with van der Waals surface area (Å²) in [5.41, 5.74) is 8.44. The Kier molecular flexibility index (Phi) is 3.23. The van der Waals surface area contributed by atoms with Gasteiger partial charge in [-0.25, -0.2) is 10.2 Å². The van der Waals surface area contributed by atoms with Gasteiger partial charge in [0.15, 0.2) is 0 Å². The topological polar surface area (TPSA) is 67.5 Å². The number of nitrogens with two attached hydrogens (primary N) is 1. The molecule has 84 valence electrons. The number of hydrogen-bond acceptors (Lipinski definition) is 2. The molecule has 3 N–H and O–H groups in total. The number of fused-ring (bicyclic) bond motifs is 1. The van der Waals surface area contributed by atoms with Crippen molar-refractivity contribution >= 4 is 11.7 Å². The molecule has 4 nitrogen and oxygen atoms in total. The van der Waals surface area contributed by atoms with E-state index in [0.29, 0.717) is 0 Å². The maximum atomic E-state index is 10.5. The van der Waals surface area contributed by atoms with Crippen LogP contribution < -0.4 is 11.2 Å². The second-order valence-corrected chi connectivity index (χ2v) is 4.70. The standard InChI is InChI=1S/C11H19N3O/c12-11(15)14-13-10-6-5-8-3-1-2-4-9(8)7-10/h8-9H,1-7H2,(H3,12,14,15)/t8-,9+/m1/s1. The molecule has 0 heterocycles. The van der Waals surface area contributed by atoms with Gasteiger partial charge in [0.25, 0.3) is 0 Å². The summed E-state index contributed by atoms with van der Waals surface area (Å²) in [6.07, 6.45) is 8.81. The van der Waals surface area contributed by atoms with E-state index in [9.17, 15) is 4.79 Å². The Morgan fingerprint density at radius 2 is 2.00 bits per heavy atom. The quantitative estimate of drug-likeness (QED) is 0.637. The molecule has 0 aromatic carbocycles. The van der Waals surface area contributed by atoms with Gasteiger partial charge in [0, 0.05) is 5.71 Å². The van der Waals surface area contributed by atoms with Crippen molar-refractivity contribution in [2.24, 2.45) is 22.7 Å². The zero-order valence-electron chi connectivity index (χ0n) is 9.04. The normalized spacial score (nSPS) is 33.5.